The molecule has 1 aromatic rings. The van der Waals surface area contributed by atoms with E-state index in [1.54, 1.807) is 6.07 Å². The van der Waals surface area contributed by atoms with Crippen LogP contribution < -0.4 is 0 Å². The zero-order valence-corrected chi connectivity index (χ0v) is 10.3. The van der Waals surface area contributed by atoms with Gasteiger partial charge in [0, 0.05) is 12.5 Å². The van der Waals surface area contributed by atoms with Crippen molar-refractivity contribution in [3.63, 3.8) is 0 Å². The molecule has 1 atom stereocenters. The Labute approximate surface area is 101 Å². The maximum Gasteiger partial charge on any atom is 0.225 e. The van der Waals surface area contributed by atoms with Crippen LogP contribution in [0.3, 0.4) is 0 Å². The van der Waals surface area contributed by atoms with Gasteiger partial charge in [-0.15, -0.1) is 0 Å². The van der Waals surface area contributed by atoms with Crippen molar-refractivity contribution in [2.75, 3.05) is 6.54 Å². The Bertz CT molecular complexity index is 416. The number of benzene rings is 1. The molecule has 1 aliphatic heterocycles. The average Bonchev–Trinajstić information content (AvgIpc) is 2.76. The molecular weight excluding hydrogens is 217 g/mol. The smallest absolute Gasteiger partial charge is 0.225 e. The van der Waals surface area contributed by atoms with Crippen molar-refractivity contribution in [3.8, 4) is 0 Å². The minimum Gasteiger partial charge on any atom is -0.335 e. The molecule has 2 nitrogen and oxygen atoms in total. The van der Waals surface area contributed by atoms with Crippen LogP contribution in [-0.2, 0) is 4.79 Å². The van der Waals surface area contributed by atoms with Gasteiger partial charge in [0.1, 0.15) is 5.82 Å². The molecule has 1 fully saturated rings. The van der Waals surface area contributed by atoms with Gasteiger partial charge in [0.05, 0.1) is 6.04 Å². The maximum atomic E-state index is 13.2. The van der Waals surface area contributed by atoms with Crippen molar-refractivity contribution in [2.45, 2.75) is 32.7 Å². The van der Waals surface area contributed by atoms with Crippen LogP contribution in [0.1, 0.15) is 38.3 Å². The van der Waals surface area contributed by atoms with E-state index in [9.17, 15) is 9.18 Å². The average molecular weight is 235 g/mol. The number of carbonyl (C=O) groups is 1. The van der Waals surface area contributed by atoms with Gasteiger partial charge >= 0.3 is 0 Å². The van der Waals surface area contributed by atoms with Gasteiger partial charge in [-0.25, -0.2) is 4.39 Å². The number of hydrogen-bond acceptors (Lipinski definition) is 1. The van der Waals surface area contributed by atoms with Crippen molar-refractivity contribution in [1.29, 1.82) is 0 Å². The van der Waals surface area contributed by atoms with Crippen LogP contribution in [0.2, 0.25) is 0 Å². The fourth-order valence-electron chi connectivity index (χ4n) is 2.42. The highest BCUT2D eigenvalue weighted by Crippen LogP contribution is 2.33. The Morgan fingerprint density at radius 2 is 2.24 bits per heavy atom. The Kier molecular flexibility index (Phi) is 3.46. The van der Waals surface area contributed by atoms with Crippen LogP contribution in [0.5, 0.6) is 0 Å². The molecule has 1 aromatic carbocycles. The summed E-state index contributed by atoms with van der Waals surface area (Å²) in [5.74, 6) is -0.0627. The number of halogens is 1. The molecule has 0 spiro atoms. The molecule has 0 radical (unpaired) electrons. The van der Waals surface area contributed by atoms with Crippen molar-refractivity contribution in [2.24, 2.45) is 5.92 Å². The largest absolute Gasteiger partial charge is 0.335 e. The Morgan fingerprint density at radius 1 is 1.47 bits per heavy atom. The summed E-state index contributed by atoms with van der Waals surface area (Å²) in [4.78, 5) is 13.9. The molecule has 0 N–H and O–H groups in total. The second kappa shape index (κ2) is 4.86. The van der Waals surface area contributed by atoms with E-state index in [-0.39, 0.29) is 23.7 Å². The molecule has 1 aliphatic rings. The molecule has 2 rings (SSSR count). The third-order valence-electron chi connectivity index (χ3n) is 3.26. The summed E-state index contributed by atoms with van der Waals surface area (Å²) < 4.78 is 13.2. The number of carbonyl (C=O) groups excluding carboxylic acids is 1. The van der Waals surface area contributed by atoms with Crippen molar-refractivity contribution < 1.29 is 9.18 Å². The van der Waals surface area contributed by atoms with Gasteiger partial charge in [0.15, 0.2) is 0 Å². The summed E-state index contributed by atoms with van der Waals surface area (Å²) in [6.07, 6.45) is 1.93. The molecule has 1 amide bonds. The van der Waals surface area contributed by atoms with Crippen LogP contribution in [0, 0.1) is 11.7 Å². The number of hydrogen-bond donors (Lipinski definition) is 0. The van der Waals surface area contributed by atoms with Crippen molar-refractivity contribution in [3.05, 3.63) is 35.6 Å². The topological polar surface area (TPSA) is 20.3 Å². The minimum absolute atomic E-state index is 0.00385. The third kappa shape index (κ3) is 2.48. The summed E-state index contributed by atoms with van der Waals surface area (Å²) in [5.41, 5.74) is 0.913. The molecule has 0 aliphatic carbocycles. The van der Waals surface area contributed by atoms with Crippen molar-refractivity contribution >= 4 is 5.91 Å². The van der Waals surface area contributed by atoms with Gasteiger partial charge in [-0.3, -0.25) is 4.79 Å². The van der Waals surface area contributed by atoms with E-state index in [2.05, 4.69) is 0 Å². The Balaban J connectivity index is 2.23. The lowest BCUT2D eigenvalue weighted by atomic mass is 10.0. The zero-order chi connectivity index (χ0) is 12.4. The van der Waals surface area contributed by atoms with E-state index in [0.717, 1.165) is 24.9 Å². The molecule has 0 unspecified atom stereocenters. The van der Waals surface area contributed by atoms with Crippen LogP contribution in [0.15, 0.2) is 24.3 Å². The van der Waals surface area contributed by atoms with Gasteiger partial charge < -0.3 is 4.90 Å². The molecule has 0 bridgehead atoms. The first-order chi connectivity index (χ1) is 8.09. The third-order valence-corrected chi connectivity index (χ3v) is 3.26. The van der Waals surface area contributed by atoms with Crippen LogP contribution in [0.4, 0.5) is 4.39 Å². The quantitative estimate of drug-likeness (QED) is 0.771. The molecule has 17 heavy (non-hydrogen) atoms. The van der Waals surface area contributed by atoms with Gasteiger partial charge in [-0.2, -0.15) is 0 Å². The van der Waals surface area contributed by atoms with E-state index < -0.39 is 0 Å². The Hall–Kier alpha value is -1.38. The lowest BCUT2D eigenvalue weighted by molar-refractivity contribution is -0.135. The second-order valence-electron chi connectivity index (χ2n) is 4.90. The number of likely N-dealkylation sites (tertiary alicyclic amines) is 1. The predicted molar refractivity (Wildman–Crippen MR) is 64.9 cm³/mol. The summed E-state index contributed by atoms with van der Waals surface area (Å²) in [7, 11) is 0. The number of rotatable bonds is 2. The lowest BCUT2D eigenvalue weighted by Gasteiger charge is -2.26. The monoisotopic (exact) mass is 235 g/mol. The molecular formula is C14H18FNO. The standard InChI is InChI=1S/C14H18FNO/c1-10(2)14(17)16-8-4-7-13(16)11-5-3-6-12(15)9-11/h3,5-6,9-10,13H,4,7-8H2,1-2H3/t13-/m1/s1. The summed E-state index contributed by atoms with van der Waals surface area (Å²) in [6.45, 7) is 4.60. The molecule has 0 aromatic heterocycles. The van der Waals surface area contributed by atoms with Crippen LogP contribution in [-0.4, -0.2) is 17.4 Å². The van der Waals surface area contributed by atoms with Crippen LogP contribution >= 0.6 is 0 Å². The molecule has 1 saturated heterocycles. The van der Waals surface area contributed by atoms with E-state index in [1.807, 2.05) is 24.8 Å². The van der Waals surface area contributed by atoms with Gasteiger partial charge in [0.2, 0.25) is 5.91 Å². The van der Waals surface area contributed by atoms with E-state index >= 15 is 0 Å². The summed E-state index contributed by atoms with van der Waals surface area (Å²) in [5, 5.41) is 0. The first-order valence-electron chi connectivity index (χ1n) is 6.15. The molecule has 3 heteroatoms. The van der Waals surface area contributed by atoms with Gasteiger partial charge in [0.25, 0.3) is 0 Å². The van der Waals surface area contributed by atoms with Gasteiger partial charge in [-0.05, 0) is 30.5 Å². The molecule has 1 heterocycles. The fourth-order valence-corrected chi connectivity index (χ4v) is 2.42. The normalized spacial score (nSPS) is 20.0. The first kappa shape index (κ1) is 12.1. The zero-order valence-electron chi connectivity index (χ0n) is 10.3. The maximum absolute atomic E-state index is 13.2. The highest BCUT2D eigenvalue weighted by molar-refractivity contribution is 5.78. The fraction of sp³-hybridized carbons (Fsp3) is 0.500. The first-order valence-corrected chi connectivity index (χ1v) is 6.15. The van der Waals surface area contributed by atoms with E-state index in [4.69, 9.17) is 0 Å². The summed E-state index contributed by atoms with van der Waals surface area (Å²) >= 11 is 0. The number of nitrogens with zero attached hydrogens (tertiary/aromatic N) is 1. The second-order valence-corrected chi connectivity index (χ2v) is 4.90. The van der Waals surface area contributed by atoms with E-state index in [0.29, 0.717) is 0 Å². The Morgan fingerprint density at radius 3 is 2.88 bits per heavy atom. The molecule has 92 valence electrons. The summed E-state index contributed by atoms with van der Waals surface area (Å²) in [6, 6.07) is 6.64. The highest BCUT2D eigenvalue weighted by Gasteiger charge is 2.30. The van der Waals surface area contributed by atoms with Gasteiger partial charge in [-0.1, -0.05) is 26.0 Å². The highest BCUT2D eigenvalue weighted by atomic mass is 19.1. The van der Waals surface area contributed by atoms with Crippen LogP contribution in [0.25, 0.3) is 0 Å². The molecule has 0 saturated carbocycles. The predicted octanol–water partition coefficient (Wildman–Crippen LogP) is 3.15. The number of amides is 1. The lowest BCUT2D eigenvalue weighted by Crippen LogP contribution is -2.33. The minimum atomic E-state index is -0.230. The van der Waals surface area contributed by atoms with E-state index in [1.165, 1.54) is 12.1 Å². The van der Waals surface area contributed by atoms with Crippen molar-refractivity contribution in [1.82, 2.24) is 4.90 Å². The SMILES string of the molecule is CC(C)C(=O)N1CCC[C@@H]1c1cccc(F)c1.